The van der Waals surface area contributed by atoms with E-state index in [2.05, 4.69) is 17.5 Å². The first-order valence-electron chi connectivity index (χ1n) is 8.85. The van der Waals surface area contributed by atoms with Crippen molar-refractivity contribution in [1.82, 2.24) is 0 Å². The molecule has 1 heterocycles. The van der Waals surface area contributed by atoms with Crippen LogP contribution >= 0.6 is 0 Å². The molecule has 0 saturated carbocycles. The molecule has 5 heteroatoms. The summed E-state index contributed by atoms with van der Waals surface area (Å²) in [6.45, 7) is 2.51. The highest BCUT2D eigenvalue weighted by Gasteiger charge is 2.42. The highest BCUT2D eigenvalue weighted by Crippen LogP contribution is 2.52. The molecule has 2 aromatic rings. The van der Waals surface area contributed by atoms with Gasteiger partial charge in [-0.15, -0.1) is 0 Å². The highest BCUT2D eigenvalue weighted by molar-refractivity contribution is 5.62. The molecule has 0 aromatic heterocycles. The molecule has 0 spiro atoms. The second-order valence-electron chi connectivity index (χ2n) is 6.74. The molecule has 0 bridgehead atoms. The molecule has 1 aliphatic heterocycles. The zero-order valence-corrected chi connectivity index (χ0v) is 14.4. The van der Waals surface area contributed by atoms with Crippen molar-refractivity contribution < 1.29 is 17.9 Å². The van der Waals surface area contributed by atoms with Gasteiger partial charge in [-0.2, -0.15) is 13.2 Å². The average molecular weight is 359 g/mol. The minimum atomic E-state index is -4.36. The van der Waals surface area contributed by atoms with Gasteiger partial charge in [0.1, 0.15) is 5.75 Å². The molecular formula is C21H20F3NO. The number of ether oxygens (including phenoxy) is 1. The first-order valence-corrected chi connectivity index (χ1v) is 8.85. The van der Waals surface area contributed by atoms with Crippen molar-refractivity contribution in [2.45, 2.75) is 31.5 Å². The molecule has 0 radical (unpaired) electrons. The molecule has 0 fully saturated rings. The van der Waals surface area contributed by atoms with Crippen molar-refractivity contribution in [3.8, 4) is 5.75 Å². The van der Waals surface area contributed by atoms with Crippen LogP contribution in [0.3, 0.4) is 0 Å². The molecule has 1 N–H and O–H groups in total. The van der Waals surface area contributed by atoms with Crippen molar-refractivity contribution in [2.75, 3.05) is 11.9 Å². The van der Waals surface area contributed by atoms with Crippen LogP contribution in [0.5, 0.6) is 5.75 Å². The summed E-state index contributed by atoms with van der Waals surface area (Å²) in [4.78, 5) is 0. The van der Waals surface area contributed by atoms with Crippen molar-refractivity contribution in [1.29, 1.82) is 0 Å². The molecule has 2 aromatic carbocycles. The molecule has 26 heavy (non-hydrogen) atoms. The third-order valence-electron chi connectivity index (χ3n) is 5.25. The summed E-state index contributed by atoms with van der Waals surface area (Å²) in [6.07, 6.45) is 0.581. The van der Waals surface area contributed by atoms with Gasteiger partial charge >= 0.3 is 6.18 Å². The van der Waals surface area contributed by atoms with Gasteiger partial charge in [0.25, 0.3) is 0 Å². The number of alkyl halides is 3. The van der Waals surface area contributed by atoms with Gasteiger partial charge in [0.15, 0.2) is 0 Å². The number of benzene rings is 2. The summed E-state index contributed by atoms with van der Waals surface area (Å²) in [5, 5.41) is 3.37. The van der Waals surface area contributed by atoms with E-state index in [-0.39, 0.29) is 17.9 Å². The standard InChI is InChI=1S/C21H20F3NO/c1-2-26-13-10-11-19-17(12-13)14-7-5-8-15(14)20(25-19)16-6-3-4-9-18(16)21(22,23)24/h3-7,9-12,14-15,20,25H,2,8H2,1H3/t14-,15-,20+/m1/s1. The van der Waals surface area contributed by atoms with Crippen LogP contribution < -0.4 is 10.1 Å². The summed E-state index contributed by atoms with van der Waals surface area (Å²) in [6, 6.07) is 11.3. The molecular weight excluding hydrogens is 339 g/mol. The Hall–Kier alpha value is -2.43. The van der Waals surface area contributed by atoms with Crippen LogP contribution in [-0.4, -0.2) is 6.61 Å². The Kier molecular flexibility index (Phi) is 4.17. The lowest BCUT2D eigenvalue weighted by molar-refractivity contribution is -0.138. The van der Waals surface area contributed by atoms with Crippen LogP contribution in [0, 0.1) is 5.92 Å². The van der Waals surface area contributed by atoms with Gasteiger partial charge in [-0.1, -0.05) is 30.4 Å². The largest absolute Gasteiger partial charge is 0.494 e. The van der Waals surface area contributed by atoms with Gasteiger partial charge < -0.3 is 10.1 Å². The number of hydrogen-bond donors (Lipinski definition) is 1. The van der Waals surface area contributed by atoms with E-state index in [4.69, 9.17) is 4.74 Å². The van der Waals surface area contributed by atoms with Crippen molar-refractivity contribution in [3.05, 3.63) is 71.3 Å². The normalized spacial score (nSPS) is 23.9. The summed E-state index contributed by atoms with van der Waals surface area (Å²) in [7, 11) is 0. The van der Waals surface area contributed by atoms with E-state index in [0.717, 1.165) is 23.4 Å². The van der Waals surface area contributed by atoms with Gasteiger partial charge in [0.05, 0.1) is 18.2 Å². The Morgan fingerprint density at radius 2 is 1.92 bits per heavy atom. The van der Waals surface area contributed by atoms with E-state index >= 15 is 0 Å². The number of nitrogens with one attached hydrogen (secondary N) is 1. The topological polar surface area (TPSA) is 21.3 Å². The van der Waals surface area contributed by atoms with Crippen molar-refractivity contribution >= 4 is 5.69 Å². The fourth-order valence-electron chi connectivity index (χ4n) is 4.16. The minimum Gasteiger partial charge on any atom is -0.494 e. The number of rotatable bonds is 3. The van der Waals surface area contributed by atoms with Crippen LogP contribution in [0.25, 0.3) is 0 Å². The SMILES string of the molecule is CCOc1ccc2c(c1)[C@@H]1C=CC[C@H]1[C@@H](c1ccccc1C(F)(F)F)N2. The minimum absolute atomic E-state index is 0.0582. The van der Waals surface area contributed by atoms with Crippen molar-refractivity contribution in [2.24, 2.45) is 5.92 Å². The molecule has 3 atom stereocenters. The summed E-state index contributed by atoms with van der Waals surface area (Å²) in [5.41, 5.74) is 1.73. The Bertz CT molecular complexity index is 843. The molecule has 0 saturated heterocycles. The molecule has 2 nitrogen and oxygen atoms in total. The molecule has 2 aliphatic rings. The van der Waals surface area contributed by atoms with Crippen LogP contribution in [0.15, 0.2) is 54.6 Å². The van der Waals surface area contributed by atoms with E-state index in [1.165, 1.54) is 12.1 Å². The summed E-state index contributed by atoms with van der Waals surface area (Å²) in [5.74, 6) is 0.946. The lowest BCUT2D eigenvalue weighted by atomic mass is 9.76. The highest BCUT2D eigenvalue weighted by atomic mass is 19.4. The van der Waals surface area contributed by atoms with Crippen LogP contribution in [0.4, 0.5) is 18.9 Å². The zero-order valence-electron chi connectivity index (χ0n) is 14.4. The Morgan fingerprint density at radius 1 is 1.12 bits per heavy atom. The number of anilines is 1. The number of hydrogen-bond acceptors (Lipinski definition) is 2. The van der Waals surface area contributed by atoms with Crippen molar-refractivity contribution in [3.63, 3.8) is 0 Å². The van der Waals surface area contributed by atoms with Crippen LogP contribution in [0.1, 0.15) is 42.0 Å². The lowest BCUT2D eigenvalue weighted by Gasteiger charge is -2.38. The maximum Gasteiger partial charge on any atom is 0.416 e. The summed E-state index contributed by atoms with van der Waals surface area (Å²) < 4.78 is 46.2. The maximum absolute atomic E-state index is 13.5. The van der Waals surface area contributed by atoms with E-state index in [1.54, 1.807) is 12.1 Å². The first kappa shape index (κ1) is 17.0. The summed E-state index contributed by atoms with van der Waals surface area (Å²) >= 11 is 0. The first-order chi connectivity index (χ1) is 12.5. The predicted molar refractivity (Wildman–Crippen MR) is 95.4 cm³/mol. The third-order valence-corrected chi connectivity index (χ3v) is 5.25. The molecule has 136 valence electrons. The van der Waals surface area contributed by atoms with Gasteiger partial charge in [-0.3, -0.25) is 0 Å². The third kappa shape index (κ3) is 2.85. The Labute approximate surface area is 150 Å². The van der Waals surface area contributed by atoms with Gasteiger partial charge in [0, 0.05) is 11.6 Å². The molecule has 0 unspecified atom stereocenters. The Morgan fingerprint density at radius 3 is 2.69 bits per heavy atom. The molecule has 1 aliphatic carbocycles. The Balaban J connectivity index is 1.78. The fraction of sp³-hybridized carbons (Fsp3) is 0.333. The van der Waals surface area contributed by atoms with Crippen LogP contribution in [0.2, 0.25) is 0 Å². The van der Waals surface area contributed by atoms with Gasteiger partial charge in [-0.25, -0.2) is 0 Å². The number of halogens is 3. The number of fused-ring (bicyclic) bond motifs is 3. The van der Waals surface area contributed by atoms with E-state index in [1.807, 2.05) is 25.1 Å². The zero-order chi connectivity index (χ0) is 18.3. The fourth-order valence-corrected chi connectivity index (χ4v) is 4.16. The predicted octanol–water partition coefficient (Wildman–Crippen LogP) is 5.93. The molecule has 0 amide bonds. The second kappa shape index (κ2) is 6.38. The lowest BCUT2D eigenvalue weighted by Crippen LogP contribution is -2.30. The molecule has 4 rings (SSSR count). The van der Waals surface area contributed by atoms with Crippen LogP contribution in [-0.2, 0) is 6.18 Å². The quantitative estimate of drug-likeness (QED) is 0.686. The maximum atomic E-state index is 13.5. The second-order valence-corrected chi connectivity index (χ2v) is 6.74. The monoisotopic (exact) mass is 359 g/mol. The average Bonchev–Trinajstić information content (AvgIpc) is 3.11. The smallest absolute Gasteiger partial charge is 0.416 e. The van der Waals surface area contributed by atoms with Gasteiger partial charge in [0.2, 0.25) is 0 Å². The number of allylic oxidation sites excluding steroid dienone is 2. The van der Waals surface area contributed by atoms with E-state index in [0.29, 0.717) is 12.2 Å². The van der Waals surface area contributed by atoms with Gasteiger partial charge in [-0.05, 0) is 54.7 Å². The van der Waals surface area contributed by atoms with E-state index in [9.17, 15) is 13.2 Å². The van der Waals surface area contributed by atoms with E-state index < -0.39 is 11.7 Å².